The number of rotatable bonds is 5. The quantitative estimate of drug-likeness (QED) is 0.163. The highest BCUT2D eigenvalue weighted by Crippen LogP contribution is 2.54. The molecule has 5 heteroatoms. The lowest BCUT2D eigenvalue weighted by atomic mass is 9.82. The van der Waals surface area contributed by atoms with Crippen molar-refractivity contribution in [2.45, 2.75) is 19.3 Å². The van der Waals surface area contributed by atoms with Crippen LogP contribution in [-0.2, 0) is 5.41 Å². The maximum Gasteiger partial charge on any atom is 0.212 e. The average Bonchev–Trinajstić information content (AvgIpc) is 3.92. The SMILES string of the molecule is [C-]#[N+]c1cc(-n2c3ccc(N(c4ccccc4)c4ccccc4)cc3c3ccc4c(c32)-c2ccccc2C4(C)C)c(C#N)cc1-n1c2ccccc2c2c3ccccc3ccc21. The van der Waals surface area contributed by atoms with Crippen LogP contribution in [0.15, 0.2) is 188 Å². The number of hydrogen-bond donors (Lipinski definition) is 0. The van der Waals surface area contributed by atoms with Gasteiger partial charge in [-0.25, -0.2) is 4.85 Å². The van der Waals surface area contributed by atoms with Gasteiger partial charge in [-0.15, -0.1) is 0 Å². The molecule has 0 atom stereocenters. The Bertz CT molecular complexity index is 3700. The summed E-state index contributed by atoms with van der Waals surface area (Å²) >= 11 is 0. The molecule has 2 heterocycles. The molecule has 0 unspecified atom stereocenters. The molecular weight excluding hydrogens is 755 g/mol. The fourth-order valence-electron chi connectivity index (χ4n) is 10.4. The van der Waals surface area contributed by atoms with E-state index in [0.717, 1.165) is 77.0 Å². The van der Waals surface area contributed by atoms with E-state index in [9.17, 15) is 5.26 Å². The number of fused-ring (bicyclic) bond motifs is 12. The predicted octanol–water partition coefficient (Wildman–Crippen LogP) is 15.2. The van der Waals surface area contributed by atoms with Gasteiger partial charge in [0.25, 0.3) is 0 Å². The Morgan fingerprint density at radius 1 is 0.532 bits per heavy atom. The third kappa shape index (κ3) is 4.94. The van der Waals surface area contributed by atoms with Gasteiger partial charge >= 0.3 is 0 Å². The lowest BCUT2D eigenvalue weighted by molar-refractivity contribution is 0.661. The highest BCUT2D eigenvalue weighted by Gasteiger charge is 2.38. The molecule has 9 aromatic carbocycles. The second-order valence-corrected chi connectivity index (χ2v) is 16.7. The molecule has 62 heavy (non-hydrogen) atoms. The Morgan fingerprint density at radius 2 is 1.19 bits per heavy atom. The molecule has 12 rings (SSSR count). The molecule has 2 aromatic heterocycles. The van der Waals surface area contributed by atoms with Crippen LogP contribution in [0.3, 0.4) is 0 Å². The van der Waals surface area contributed by atoms with Crippen molar-refractivity contribution in [3.05, 3.63) is 216 Å². The lowest BCUT2D eigenvalue weighted by Gasteiger charge is -2.25. The van der Waals surface area contributed by atoms with Gasteiger partial charge in [0.05, 0.1) is 45.6 Å². The molecule has 0 N–H and O–H groups in total. The van der Waals surface area contributed by atoms with Gasteiger partial charge in [0, 0.05) is 49.6 Å². The average molecular weight is 792 g/mol. The first-order valence-corrected chi connectivity index (χ1v) is 21.0. The van der Waals surface area contributed by atoms with E-state index < -0.39 is 0 Å². The predicted molar refractivity (Wildman–Crippen MR) is 256 cm³/mol. The van der Waals surface area contributed by atoms with Gasteiger partial charge in [0.15, 0.2) is 0 Å². The summed E-state index contributed by atoms with van der Waals surface area (Å²) < 4.78 is 4.43. The van der Waals surface area contributed by atoms with Crippen molar-refractivity contribution >= 4 is 77.1 Å². The summed E-state index contributed by atoms with van der Waals surface area (Å²) in [6.45, 7) is 13.3. The van der Waals surface area contributed by atoms with E-state index in [4.69, 9.17) is 6.57 Å². The maximum atomic E-state index is 11.3. The molecule has 0 fully saturated rings. The van der Waals surface area contributed by atoms with Crippen molar-refractivity contribution in [3.8, 4) is 28.6 Å². The minimum Gasteiger partial charge on any atom is -0.319 e. The van der Waals surface area contributed by atoms with Crippen molar-refractivity contribution in [1.82, 2.24) is 9.13 Å². The normalized spacial score (nSPS) is 12.8. The zero-order valence-corrected chi connectivity index (χ0v) is 34.1. The third-order valence-electron chi connectivity index (χ3n) is 13.1. The zero-order chi connectivity index (χ0) is 41.7. The smallest absolute Gasteiger partial charge is 0.212 e. The van der Waals surface area contributed by atoms with Crippen LogP contribution in [0.4, 0.5) is 22.7 Å². The fourth-order valence-corrected chi connectivity index (χ4v) is 10.4. The number of nitriles is 1. The molecule has 290 valence electrons. The molecule has 0 bridgehead atoms. The first-order valence-electron chi connectivity index (χ1n) is 21.0. The van der Waals surface area contributed by atoms with Gasteiger partial charge in [-0.2, -0.15) is 5.26 Å². The Morgan fingerprint density at radius 3 is 1.95 bits per heavy atom. The van der Waals surface area contributed by atoms with Gasteiger partial charge in [0.2, 0.25) is 5.69 Å². The summed E-state index contributed by atoms with van der Waals surface area (Å²) in [6.07, 6.45) is 0. The van der Waals surface area contributed by atoms with Crippen LogP contribution in [0, 0.1) is 17.9 Å². The van der Waals surface area contributed by atoms with Gasteiger partial charge in [-0.3, -0.25) is 0 Å². The Hall–Kier alpha value is -8.38. The molecule has 11 aromatic rings. The van der Waals surface area contributed by atoms with Crippen molar-refractivity contribution in [2.75, 3.05) is 4.90 Å². The summed E-state index contributed by atoms with van der Waals surface area (Å²) in [4.78, 5) is 6.53. The number of benzene rings is 9. The number of para-hydroxylation sites is 3. The molecule has 0 saturated heterocycles. The largest absolute Gasteiger partial charge is 0.319 e. The van der Waals surface area contributed by atoms with E-state index in [2.05, 4.69) is 197 Å². The Labute approximate surface area is 359 Å². The first kappa shape index (κ1) is 35.6. The van der Waals surface area contributed by atoms with Crippen LogP contribution in [-0.4, -0.2) is 9.13 Å². The van der Waals surface area contributed by atoms with E-state index in [1.165, 1.54) is 16.7 Å². The zero-order valence-electron chi connectivity index (χ0n) is 34.1. The van der Waals surface area contributed by atoms with Crippen molar-refractivity contribution < 1.29 is 0 Å². The van der Waals surface area contributed by atoms with Crippen LogP contribution in [0.2, 0.25) is 0 Å². The number of hydrogen-bond acceptors (Lipinski definition) is 2. The van der Waals surface area contributed by atoms with Crippen LogP contribution >= 0.6 is 0 Å². The number of aromatic nitrogens is 2. The standard InChI is InChI=1S/C57H37N5/c1-57(2)46-24-14-12-22-43(46)55-47(57)29-28-42-45-33-40(60(38-17-6-4-7-18-38)39-19-8-5-9-20-39)27-31-50(45)62(56(42)55)52-34-48(59-3)53(32-37(52)35-58)61-49-25-15-13-23-44(49)54-41-21-11-10-16-36(41)26-30-51(54)61/h4-34H,1-2H3. The molecule has 1 aliphatic rings. The monoisotopic (exact) mass is 791 g/mol. The van der Waals surface area contributed by atoms with E-state index in [1.54, 1.807) is 0 Å². The number of anilines is 3. The van der Waals surface area contributed by atoms with Crippen molar-refractivity contribution in [3.63, 3.8) is 0 Å². The Balaban J connectivity index is 1.17. The molecule has 0 spiro atoms. The topological polar surface area (TPSA) is 41.2 Å². The van der Waals surface area contributed by atoms with E-state index in [0.29, 0.717) is 22.6 Å². The van der Waals surface area contributed by atoms with E-state index in [1.807, 2.05) is 30.3 Å². The van der Waals surface area contributed by atoms with Gasteiger partial charge < -0.3 is 14.0 Å². The van der Waals surface area contributed by atoms with E-state index in [-0.39, 0.29) is 5.41 Å². The molecule has 0 amide bonds. The second kappa shape index (κ2) is 13.3. The molecule has 0 aliphatic heterocycles. The maximum absolute atomic E-state index is 11.3. The first-order chi connectivity index (χ1) is 30.5. The summed E-state index contributed by atoms with van der Waals surface area (Å²) in [5.74, 6) is 0. The van der Waals surface area contributed by atoms with Gasteiger partial charge in [-0.1, -0.05) is 135 Å². The lowest BCUT2D eigenvalue weighted by Crippen LogP contribution is -2.14. The molecular formula is C57H37N5. The van der Waals surface area contributed by atoms with Crippen molar-refractivity contribution in [1.29, 1.82) is 5.26 Å². The summed E-state index contributed by atoms with van der Waals surface area (Å²) in [5.41, 5.74) is 14.0. The summed E-state index contributed by atoms with van der Waals surface area (Å²) in [5, 5.41) is 18.0. The minimum atomic E-state index is -0.242. The minimum absolute atomic E-state index is 0.242. The van der Waals surface area contributed by atoms with Crippen LogP contribution in [0.5, 0.6) is 0 Å². The molecule has 0 saturated carbocycles. The van der Waals surface area contributed by atoms with Gasteiger partial charge in [0.1, 0.15) is 6.07 Å². The van der Waals surface area contributed by atoms with Crippen LogP contribution < -0.4 is 4.90 Å². The van der Waals surface area contributed by atoms with E-state index >= 15 is 0 Å². The third-order valence-corrected chi connectivity index (χ3v) is 13.1. The Kier molecular flexibility index (Phi) is 7.64. The summed E-state index contributed by atoms with van der Waals surface area (Å²) in [6, 6.07) is 68.5. The van der Waals surface area contributed by atoms with Crippen LogP contribution in [0.25, 0.3) is 81.7 Å². The van der Waals surface area contributed by atoms with Crippen molar-refractivity contribution in [2.24, 2.45) is 0 Å². The molecule has 1 aliphatic carbocycles. The second-order valence-electron chi connectivity index (χ2n) is 16.7. The molecule has 0 radical (unpaired) electrons. The molecule has 5 nitrogen and oxygen atoms in total. The van der Waals surface area contributed by atoms with Gasteiger partial charge in [-0.05, 0) is 94.2 Å². The number of nitrogens with zero attached hydrogens (tertiary/aromatic N) is 5. The van der Waals surface area contributed by atoms with Crippen LogP contribution in [0.1, 0.15) is 30.5 Å². The highest BCUT2D eigenvalue weighted by molar-refractivity contribution is 6.22. The summed E-state index contributed by atoms with van der Waals surface area (Å²) in [7, 11) is 0. The fraction of sp³-hybridized carbons (Fsp3) is 0.0526. The highest BCUT2D eigenvalue weighted by atomic mass is 15.1.